The molecule has 0 aromatic heterocycles. The molecule has 0 aliphatic heterocycles. The van der Waals surface area contributed by atoms with Gasteiger partial charge in [0.2, 0.25) is 0 Å². The van der Waals surface area contributed by atoms with E-state index in [1.54, 1.807) is 0 Å². The van der Waals surface area contributed by atoms with Gasteiger partial charge in [-0.25, -0.2) is 0 Å². The van der Waals surface area contributed by atoms with Crippen LogP contribution in [0.5, 0.6) is 0 Å². The van der Waals surface area contributed by atoms with Gasteiger partial charge < -0.3 is 5.32 Å². The molecule has 0 aliphatic rings. The van der Waals surface area contributed by atoms with E-state index in [1.165, 1.54) is 43.0 Å². The van der Waals surface area contributed by atoms with Crippen LogP contribution in [0.1, 0.15) is 40.0 Å². The third kappa shape index (κ3) is 9.18. The van der Waals surface area contributed by atoms with Crippen LogP contribution >= 0.6 is 11.8 Å². The quantitative estimate of drug-likeness (QED) is 0.458. The molecule has 0 amide bonds. The van der Waals surface area contributed by atoms with Gasteiger partial charge in [0.15, 0.2) is 0 Å². The number of rotatable bonds is 12. The van der Waals surface area contributed by atoms with Crippen LogP contribution in [0.25, 0.3) is 0 Å². The van der Waals surface area contributed by atoms with E-state index in [0.717, 1.165) is 13.1 Å². The number of hydrogen-bond donors (Lipinski definition) is 1. The fourth-order valence-electron chi connectivity index (χ4n) is 2.24. The summed E-state index contributed by atoms with van der Waals surface area (Å²) in [4.78, 5) is 3.96. The topological polar surface area (TPSA) is 15.3 Å². The van der Waals surface area contributed by atoms with Crippen molar-refractivity contribution < 1.29 is 0 Å². The molecule has 0 radical (unpaired) electrons. The largest absolute Gasteiger partial charge is 0.315 e. The predicted molar refractivity (Wildman–Crippen MR) is 96.3 cm³/mol. The molecule has 2 nitrogen and oxygen atoms in total. The summed E-state index contributed by atoms with van der Waals surface area (Å²) in [7, 11) is 0. The van der Waals surface area contributed by atoms with Gasteiger partial charge in [0.05, 0.1) is 0 Å². The molecule has 1 N–H and O–H groups in total. The molecule has 0 unspecified atom stereocenters. The van der Waals surface area contributed by atoms with Crippen molar-refractivity contribution in [1.29, 1.82) is 0 Å². The second-order valence-corrected chi connectivity index (χ2v) is 6.92. The molecule has 1 rings (SSSR count). The van der Waals surface area contributed by atoms with Crippen molar-refractivity contribution in [3.05, 3.63) is 30.3 Å². The molecular formula is C18H32N2S. The Morgan fingerprint density at radius 2 is 1.81 bits per heavy atom. The van der Waals surface area contributed by atoms with Crippen LogP contribution in [-0.2, 0) is 0 Å². The van der Waals surface area contributed by atoms with E-state index >= 15 is 0 Å². The van der Waals surface area contributed by atoms with Crippen molar-refractivity contribution in [2.45, 2.75) is 51.0 Å². The Morgan fingerprint density at radius 3 is 2.48 bits per heavy atom. The zero-order valence-electron chi connectivity index (χ0n) is 14.0. The Balaban J connectivity index is 2.00. The maximum atomic E-state index is 3.58. The van der Waals surface area contributed by atoms with E-state index in [0.29, 0.717) is 6.04 Å². The van der Waals surface area contributed by atoms with E-state index < -0.39 is 0 Å². The molecule has 0 fully saturated rings. The second-order valence-electron chi connectivity index (χ2n) is 5.75. The van der Waals surface area contributed by atoms with Gasteiger partial charge in [0.1, 0.15) is 0 Å². The molecule has 21 heavy (non-hydrogen) atoms. The van der Waals surface area contributed by atoms with E-state index in [-0.39, 0.29) is 0 Å². The Bertz CT molecular complexity index is 340. The summed E-state index contributed by atoms with van der Waals surface area (Å²) in [6.45, 7) is 11.5. The first kappa shape index (κ1) is 18.5. The van der Waals surface area contributed by atoms with Crippen molar-refractivity contribution in [2.75, 3.05) is 31.9 Å². The lowest BCUT2D eigenvalue weighted by Gasteiger charge is -2.26. The lowest BCUT2D eigenvalue weighted by atomic mass is 10.2. The van der Waals surface area contributed by atoms with Crippen LogP contribution in [0.15, 0.2) is 35.2 Å². The highest BCUT2D eigenvalue weighted by molar-refractivity contribution is 7.99. The molecular weight excluding hydrogens is 276 g/mol. The minimum Gasteiger partial charge on any atom is -0.315 e. The van der Waals surface area contributed by atoms with Gasteiger partial charge in [0, 0.05) is 24.0 Å². The predicted octanol–water partition coefficient (Wildman–Crippen LogP) is 4.27. The molecule has 0 saturated heterocycles. The molecule has 0 atom stereocenters. The highest BCUT2D eigenvalue weighted by Gasteiger charge is 2.07. The fraction of sp³-hybridized carbons (Fsp3) is 0.667. The lowest BCUT2D eigenvalue weighted by Crippen LogP contribution is -2.37. The molecule has 120 valence electrons. The number of hydrogen-bond acceptors (Lipinski definition) is 3. The average Bonchev–Trinajstić information content (AvgIpc) is 2.50. The van der Waals surface area contributed by atoms with Crippen molar-refractivity contribution in [2.24, 2.45) is 0 Å². The molecule has 0 bridgehead atoms. The molecule has 1 aromatic rings. The molecule has 1 aromatic carbocycles. The maximum Gasteiger partial charge on any atom is 0.0110 e. The van der Waals surface area contributed by atoms with Crippen LogP contribution in [0.3, 0.4) is 0 Å². The smallest absolute Gasteiger partial charge is 0.0110 e. The Labute approximate surface area is 135 Å². The third-order valence-electron chi connectivity index (χ3n) is 3.61. The summed E-state index contributed by atoms with van der Waals surface area (Å²) < 4.78 is 0. The van der Waals surface area contributed by atoms with Crippen LogP contribution < -0.4 is 5.32 Å². The van der Waals surface area contributed by atoms with Gasteiger partial charge >= 0.3 is 0 Å². The van der Waals surface area contributed by atoms with Gasteiger partial charge in [-0.1, -0.05) is 31.5 Å². The van der Waals surface area contributed by atoms with Crippen LogP contribution in [0.2, 0.25) is 0 Å². The zero-order valence-corrected chi connectivity index (χ0v) is 14.8. The third-order valence-corrected chi connectivity index (χ3v) is 4.71. The Hall–Kier alpha value is -0.510. The second kappa shape index (κ2) is 12.1. The lowest BCUT2D eigenvalue weighted by molar-refractivity contribution is 0.219. The van der Waals surface area contributed by atoms with Gasteiger partial charge in [-0.15, -0.1) is 11.8 Å². The average molecular weight is 309 g/mol. The van der Waals surface area contributed by atoms with E-state index in [4.69, 9.17) is 0 Å². The molecule has 0 heterocycles. The Morgan fingerprint density at radius 1 is 1.05 bits per heavy atom. The number of benzene rings is 1. The van der Waals surface area contributed by atoms with Crippen LogP contribution in [0, 0.1) is 0 Å². The van der Waals surface area contributed by atoms with Gasteiger partial charge in [-0.05, 0) is 57.7 Å². The summed E-state index contributed by atoms with van der Waals surface area (Å²) in [5, 5.41) is 3.58. The number of nitrogens with zero attached hydrogens (tertiary/aromatic N) is 1. The van der Waals surface area contributed by atoms with E-state index in [1.807, 2.05) is 11.8 Å². The molecule has 0 spiro atoms. The normalized spacial score (nSPS) is 11.5. The first-order chi connectivity index (χ1) is 10.2. The number of unbranched alkanes of at least 4 members (excludes halogenated alkanes) is 1. The molecule has 0 aliphatic carbocycles. The monoisotopic (exact) mass is 308 g/mol. The van der Waals surface area contributed by atoms with Crippen LogP contribution in [0.4, 0.5) is 0 Å². The van der Waals surface area contributed by atoms with Crippen LogP contribution in [-0.4, -0.2) is 42.9 Å². The minimum absolute atomic E-state index is 0.659. The van der Waals surface area contributed by atoms with Crippen molar-refractivity contribution in [1.82, 2.24) is 10.2 Å². The fourth-order valence-corrected chi connectivity index (χ4v) is 3.11. The summed E-state index contributed by atoms with van der Waals surface area (Å²) >= 11 is 1.95. The van der Waals surface area contributed by atoms with Crippen molar-refractivity contribution in [3.63, 3.8) is 0 Å². The standard InChI is InChI=1S/C18H32N2S/c1-4-5-14-20(17(2)3)15-13-19-12-9-16-21-18-10-7-6-8-11-18/h6-8,10-11,17,19H,4-5,9,12-16H2,1-3H3. The molecule has 0 saturated carbocycles. The summed E-state index contributed by atoms with van der Waals surface area (Å²) in [5.74, 6) is 1.20. The number of thioether (sulfide) groups is 1. The van der Waals surface area contributed by atoms with Gasteiger partial charge in [-0.2, -0.15) is 0 Å². The highest BCUT2D eigenvalue weighted by Crippen LogP contribution is 2.17. The van der Waals surface area contributed by atoms with Crippen molar-refractivity contribution >= 4 is 11.8 Å². The summed E-state index contributed by atoms with van der Waals surface area (Å²) in [5.41, 5.74) is 0. The highest BCUT2D eigenvalue weighted by atomic mass is 32.2. The SMILES string of the molecule is CCCCN(CCNCCCSc1ccccc1)C(C)C. The Kier molecular flexibility index (Phi) is 10.7. The van der Waals surface area contributed by atoms with Gasteiger partial charge in [0.25, 0.3) is 0 Å². The minimum atomic E-state index is 0.659. The van der Waals surface area contributed by atoms with Crippen molar-refractivity contribution in [3.8, 4) is 0 Å². The maximum absolute atomic E-state index is 3.58. The van der Waals surface area contributed by atoms with Gasteiger partial charge in [-0.3, -0.25) is 4.90 Å². The summed E-state index contributed by atoms with van der Waals surface area (Å²) in [6.07, 6.45) is 3.83. The summed E-state index contributed by atoms with van der Waals surface area (Å²) in [6, 6.07) is 11.3. The first-order valence-electron chi connectivity index (χ1n) is 8.36. The van der Waals surface area contributed by atoms with E-state index in [9.17, 15) is 0 Å². The first-order valence-corrected chi connectivity index (χ1v) is 9.35. The number of nitrogens with one attached hydrogen (secondary N) is 1. The zero-order chi connectivity index (χ0) is 15.3. The molecule has 3 heteroatoms. The van der Waals surface area contributed by atoms with E-state index in [2.05, 4.69) is 61.3 Å².